The molecule has 7 heteroatoms. The molecule has 1 fully saturated rings. The molecule has 2 N–H and O–H groups in total. The van der Waals surface area contributed by atoms with Crippen LogP contribution in [0, 0.1) is 16.0 Å². The summed E-state index contributed by atoms with van der Waals surface area (Å²) in [5.74, 6) is -0.516. The zero-order valence-electron chi connectivity index (χ0n) is 11.6. The monoisotopic (exact) mass is 312 g/mol. The van der Waals surface area contributed by atoms with Gasteiger partial charge in [0.05, 0.1) is 4.92 Å². The lowest BCUT2D eigenvalue weighted by Gasteiger charge is -2.37. The lowest BCUT2D eigenvalue weighted by molar-refractivity contribution is -0.384. The molecule has 0 saturated heterocycles. The van der Waals surface area contributed by atoms with E-state index in [1.165, 1.54) is 18.2 Å². The lowest BCUT2D eigenvalue weighted by atomic mass is 9.77. The van der Waals surface area contributed by atoms with Gasteiger partial charge in [0.1, 0.15) is 11.2 Å². The SMILES string of the molecule is CC1CCC(Nc2cc(Cl)ccc2[N+](=O)[O-])(C(=O)O)CC1. The van der Waals surface area contributed by atoms with Crippen molar-refractivity contribution in [3.8, 4) is 0 Å². The number of carbonyl (C=O) groups is 1. The van der Waals surface area contributed by atoms with Gasteiger partial charge in [-0.3, -0.25) is 10.1 Å². The summed E-state index contributed by atoms with van der Waals surface area (Å²) in [5, 5.41) is 23.9. The number of benzene rings is 1. The summed E-state index contributed by atoms with van der Waals surface area (Å²) in [4.78, 5) is 22.2. The van der Waals surface area contributed by atoms with Crippen molar-refractivity contribution in [3.63, 3.8) is 0 Å². The predicted octanol–water partition coefficient (Wildman–Crippen LogP) is 3.69. The van der Waals surface area contributed by atoms with Crippen molar-refractivity contribution >= 4 is 28.9 Å². The van der Waals surface area contributed by atoms with E-state index in [1.54, 1.807) is 0 Å². The van der Waals surface area contributed by atoms with E-state index in [2.05, 4.69) is 12.2 Å². The van der Waals surface area contributed by atoms with Crippen LogP contribution < -0.4 is 5.32 Å². The Kier molecular flexibility index (Phi) is 4.37. The number of rotatable bonds is 4. The number of nitrogens with one attached hydrogen (secondary N) is 1. The molecule has 0 aromatic heterocycles. The Morgan fingerprint density at radius 2 is 2.10 bits per heavy atom. The van der Waals surface area contributed by atoms with Gasteiger partial charge in [-0.25, -0.2) is 4.79 Å². The summed E-state index contributed by atoms with van der Waals surface area (Å²) in [6.07, 6.45) is 2.42. The maximum atomic E-state index is 11.7. The molecule has 0 aliphatic heterocycles. The Labute approximate surface area is 127 Å². The first-order valence-electron chi connectivity index (χ1n) is 6.79. The van der Waals surface area contributed by atoms with E-state index in [4.69, 9.17) is 11.6 Å². The van der Waals surface area contributed by atoms with Crippen LogP contribution in [0.1, 0.15) is 32.6 Å². The van der Waals surface area contributed by atoms with E-state index < -0.39 is 16.4 Å². The van der Waals surface area contributed by atoms with Gasteiger partial charge < -0.3 is 10.4 Å². The normalized spacial score (nSPS) is 25.3. The van der Waals surface area contributed by atoms with Crippen molar-refractivity contribution in [2.75, 3.05) is 5.32 Å². The molecule has 0 spiro atoms. The molecule has 21 heavy (non-hydrogen) atoms. The number of hydrogen-bond donors (Lipinski definition) is 2. The highest BCUT2D eigenvalue weighted by molar-refractivity contribution is 6.31. The number of anilines is 1. The highest BCUT2D eigenvalue weighted by Crippen LogP contribution is 2.38. The molecule has 0 radical (unpaired) electrons. The summed E-state index contributed by atoms with van der Waals surface area (Å²) < 4.78 is 0. The minimum absolute atomic E-state index is 0.157. The first-order valence-corrected chi connectivity index (χ1v) is 7.17. The second-order valence-electron chi connectivity index (χ2n) is 5.61. The molecule has 1 aliphatic rings. The Morgan fingerprint density at radius 1 is 1.48 bits per heavy atom. The highest BCUT2D eigenvalue weighted by atomic mass is 35.5. The molecule has 114 valence electrons. The molecule has 0 atom stereocenters. The maximum absolute atomic E-state index is 11.7. The summed E-state index contributed by atoms with van der Waals surface area (Å²) in [5.41, 5.74) is -1.18. The number of carboxylic acids is 1. The van der Waals surface area contributed by atoms with Crippen LogP contribution in [0.3, 0.4) is 0 Å². The molecule has 1 aromatic carbocycles. The second-order valence-corrected chi connectivity index (χ2v) is 6.05. The molecule has 1 aromatic rings. The topological polar surface area (TPSA) is 92.5 Å². The van der Waals surface area contributed by atoms with Crippen LogP contribution in [0.15, 0.2) is 18.2 Å². The second kappa shape index (κ2) is 5.89. The largest absolute Gasteiger partial charge is 0.480 e. The van der Waals surface area contributed by atoms with Gasteiger partial charge in [0.2, 0.25) is 0 Å². The quantitative estimate of drug-likeness (QED) is 0.653. The van der Waals surface area contributed by atoms with E-state index >= 15 is 0 Å². The van der Waals surface area contributed by atoms with Gasteiger partial charge in [-0.05, 0) is 43.7 Å². The molecule has 6 nitrogen and oxygen atoms in total. The average molecular weight is 313 g/mol. The number of nitro benzene ring substituents is 1. The number of carboxylic acid groups (broad SMARTS) is 1. The van der Waals surface area contributed by atoms with E-state index in [0.717, 1.165) is 12.8 Å². The van der Waals surface area contributed by atoms with Gasteiger partial charge in [0, 0.05) is 11.1 Å². The van der Waals surface area contributed by atoms with Crippen molar-refractivity contribution in [1.29, 1.82) is 0 Å². The third kappa shape index (κ3) is 3.26. The van der Waals surface area contributed by atoms with E-state index in [0.29, 0.717) is 23.8 Å². The fourth-order valence-corrected chi connectivity index (χ4v) is 2.84. The maximum Gasteiger partial charge on any atom is 0.329 e. The van der Waals surface area contributed by atoms with Crippen LogP contribution in [0.25, 0.3) is 0 Å². The van der Waals surface area contributed by atoms with Crippen LogP contribution >= 0.6 is 11.6 Å². The van der Waals surface area contributed by atoms with Gasteiger partial charge in [-0.15, -0.1) is 0 Å². The van der Waals surface area contributed by atoms with Gasteiger partial charge in [-0.2, -0.15) is 0 Å². The summed E-state index contributed by atoms with van der Waals surface area (Å²) >= 11 is 5.88. The number of aliphatic carboxylic acids is 1. The van der Waals surface area contributed by atoms with Crippen molar-refractivity contribution in [1.82, 2.24) is 0 Å². The van der Waals surface area contributed by atoms with Gasteiger partial charge >= 0.3 is 5.97 Å². The third-order valence-corrected chi connectivity index (χ3v) is 4.30. The van der Waals surface area contributed by atoms with Gasteiger partial charge in [0.25, 0.3) is 5.69 Å². The number of hydrogen-bond acceptors (Lipinski definition) is 4. The average Bonchev–Trinajstić information content (AvgIpc) is 2.41. The fourth-order valence-electron chi connectivity index (χ4n) is 2.67. The molecule has 1 saturated carbocycles. The molecular weight excluding hydrogens is 296 g/mol. The van der Waals surface area contributed by atoms with Crippen LogP contribution in [0.5, 0.6) is 0 Å². The Morgan fingerprint density at radius 3 is 2.62 bits per heavy atom. The van der Waals surface area contributed by atoms with E-state index in [1.807, 2.05) is 0 Å². The highest BCUT2D eigenvalue weighted by Gasteiger charge is 2.42. The van der Waals surface area contributed by atoms with Gasteiger partial charge in [-0.1, -0.05) is 18.5 Å². The fraction of sp³-hybridized carbons (Fsp3) is 0.500. The van der Waals surface area contributed by atoms with Crippen molar-refractivity contribution in [2.24, 2.45) is 5.92 Å². The molecule has 0 heterocycles. The smallest absolute Gasteiger partial charge is 0.329 e. The molecule has 1 aliphatic carbocycles. The Balaban J connectivity index is 2.36. The minimum Gasteiger partial charge on any atom is -0.480 e. The van der Waals surface area contributed by atoms with E-state index in [9.17, 15) is 20.0 Å². The van der Waals surface area contributed by atoms with Crippen molar-refractivity contribution in [3.05, 3.63) is 33.3 Å². The minimum atomic E-state index is -1.16. The number of halogens is 1. The van der Waals surface area contributed by atoms with Crippen LogP contribution in [-0.2, 0) is 4.79 Å². The summed E-state index contributed by atoms with van der Waals surface area (Å²) in [6.45, 7) is 2.08. The zero-order valence-corrected chi connectivity index (χ0v) is 12.4. The standard InChI is InChI=1S/C14H17ClN2O4/c1-9-4-6-14(7-5-9,13(18)19)16-11-8-10(15)2-3-12(11)17(20)21/h2-3,8-9,16H,4-7H2,1H3,(H,18,19). The summed E-state index contributed by atoms with van der Waals surface area (Å²) in [6, 6.07) is 4.11. The Bertz CT molecular complexity index is 568. The van der Waals surface area contributed by atoms with Crippen molar-refractivity contribution in [2.45, 2.75) is 38.1 Å². The third-order valence-electron chi connectivity index (χ3n) is 4.07. The molecule has 0 unspecified atom stereocenters. The van der Waals surface area contributed by atoms with Gasteiger partial charge in [0.15, 0.2) is 0 Å². The first kappa shape index (κ1) is 15.6. The zero-order chi connectivity index (χ0) is 15.6. The Hall–Kier alpha value is -1.82. The van der Waals surface area contributed by atoms with Crippen molar-refractivity contribution < 1.29 is 14.8 Å². The number of nitro groups is 1. The van der Waals surface area contributed by atoms with Crippen LogP contribution in [0.4, 0.5) is 11.4 Å². The van der Waals surface area contributed by atoms with E-state index in [-0.39, 0.29) is 11.4 Å². The van der Waals surface area contributed by atoms with Crippen LogP contribution in [-0.4, -0.2) is 21.5 Å². The summed E-state index contributed by atoms with van der Waals surface area (Å²) in [7, 11) is 0. The first-order chi connectivity index (χ1) is 9.84. The van der Waals surface area contributed by atoms with Crippen LogP contribution in [0.2, 0.25) is 5.02 Å². The molecule has 0 bridgehead atoms. The molecular formula is C14H17ClN2O4. The molecule has 2 rings (SSSR count). The lowest BCUT2D eigenvalue weighted by Crippen LogP contribution is -2.49. The predicted molar refractivity (Wildman–Crippen MR) is 79.7 cm³/mol. The number of nitrogens with zero attached hydrogens (tertiary/aromatic N) is 1. The molecule has 0 amide bonds.